The second kappa shape index (κ2) is 13.9. The lowest BCUT2D eigenvalue weighted by atomic mass is 10.2. The molecule has 0 aromatic rings. The third-order valence-electron chi connectivity index (χ3n) is 3.04. The number of hydrogen-bond acceptors (Lipinski definition) is 3. The first-order chi connectivity index (χ1) is 8.35. The fourth-order valence-electron chi connectivity index (χ4n) is 1.88. The second-order valence-electron chi connectivity index (χ2n) is 4.79. The van der Waals surface area contributed by atoms with Gasteiger partial charge in [-0.1, -0.05) is 26.7 Å². The van der Waals surface area contributed by atoms with Crippen molar-refractivity contribution in [3.05, 3.63) is 0 Å². The van der Waals surface area contributed by atoms with Crippen LogP contribution in [0.4, 0.5) is 0 Å². The van der Waals surface area contributed by atoms with Crippen molar-refractivity contribution in [1.82, 2.24) is 10.2 Å². The summed E-state index contributed by atoms with van der Waals surface area (Å²) in [5, 5.41) is 3.45. The van der Waals surface area contributed by atoms with E-state index in [9.17, 15) is 0 Å². The molecule has 0 aromatic heterocycles. The summed E-state index contributed by atoms with van der Waals surface area (Å²) in [5.41, 5.74) is 5.45. The highest BCUT2D eigenvalue weighted by Crippen LogP contribution is 2.00. The molecule has 0 amide bonds. The molecule has 0 saturated heterocycles. The van der Waals surface area contributed by atoms with Gasteiger partial charge < -0.3 is 16.0 Å². The Bertz CT molecular complexity index is 131. The Morgan fingerprint density at radius 1 is 0.824 bits per heavy atom. The first kappa shape index (κ1) is 16.9. The predicted molar refractivity (Wildman–Crippen MR) is 77.4 cm³/mol. The van der Waals surface area contributed by atoms with E-state index in [1.54, 1.807) is 0 Å². The van der Waals surface area contributed by atoms with Crippen LogP contribution in [0.1, 0.15) is 52.4 Å². The van der Waals surface area contributed by atoms with Crippen LogP contribution in [0.5, 0.6) is 0 Å². The lowest BCUT2D eigenvalue weighted by Crippen LogP contribution is -2.30. The molecule has 0 aliphatic carbocycles. The maximum Gasteiger partial charge on any atom is -0.000664 e. The predicted octanol–water partition coefficient (Wildman–Crippen LogP) is 2.22. The average molecular weight is 243 g/mol. The Hall–Kier alpha value is -0.120. The summed E-state index contributed by atoms with van der Waals surface area (Å²) in [5.74, 6) is 0. The quantitative estimate of drug-likeness (QED) is 0.487. The number of hydrogen-bond donors (Lipinski definition) is 2. The molecule has 0 fully saturated rings. The average Bonchev–Trinajstić information content (AvgIpc) is 2.35. The number of rotatable bonds is 13. The van der Waals surface area contributed by atoms with Gasteiger partial charge in [0.05, 0.1) is 0 Å². The van der Waals surface area contributed by atoms with Gasteiger partial charge in [0, 0.05) is 0 Å². The van der Waals surface area contributed by atoms with Crippen LogP contribution in [-0.2, 0) is 0 Å². The standard InChI is InChI=1S/C14H33N3/c1-3-5-12-17(13-6-4-2)14-8-11-16-10-7-9-15/h16H,3-15H2,1-2H3. The molecular weight excluding hydrogens is 210 g/mol. The largest absolute Gasteiger partial charge is 0.330 e. The van der Waals surface area contributed by atoms with Crippen LogP contribution in [0.3, 0.4) is 0 Å². The lowest BCUT2D eigenvalue weighted by Gasteiger charge is -2.21. The number of nitrogens with two attached hydrogens (primary N) is 1. The summed E-state index contributed by atoms with van der Waals surface area (Å²) < 4.78 is 0. The maximum absolute atomic E-state index is 5.45. The van der Waals surface area contributed by atoms with Crippen molar-refractivity contribution < 1.29 is 0 Å². The molecule has 3 N–H and O–H groups in total. The second-order valence-corrected chi connectivity index (χ2v) is 4.79. The van der Waals surface area contributed by atoms with E-state index in [-0.39, 0.29) is 0 Å². The van der Waals surface area contributed by atoms with Gasteiger partial charge in [-0.25, -0.2) is 0 Å². The van der Waals surface area contributed by atoms with E-state index >= 15 is 0 Å². The summed E-state index contributed by atoms with van der Waals surface area (Å²) in [6.45, 7) is 11.3. The topological polar surface area (TPSA) is 41.3 Å². The Morgan fingerprint density at radius 2 is 1.35 bits per heavy atom. The van der Waals surface area contributed by atoms with Gasteiger partial charge in [-0.05, 0) is 65.0 Å². The summed E-state index contributed by atoms with van der Waals surface area (Å²) in [7, 11) is 0. The third kappa shape index (κ3) is 12.1. The Kier molecular flexibility index (Phi) is 13.8. The van der Waals surface area contributed by atoms with Gasteiger partial charge in [-0.15, -0.1) is 0 Å². The zero-order valence-electron chi connectivity index (χ0n) is 12.0. The Morgan fingerprint density at radius 3 is 1.88 bits per heavy atom. The summed E-state index contributed by atoms with van der Waals surface area (Å²) in [6, 6.07) is 0. The van der Waals surface area contributed by atoms with E-state index in [1.807, 2.05) is 0 Å². The molecule has 0 heterocycles. The minimum absolute atomic E-state index is 0.798. The van der Waals surface area contributed by atoms with Crippen molar-refractivity contribution in [2.75, 3.05) is 39.3 Å². The molecule has 0 saturated carbocycles. The molecular formula is C14H33N3. The summed E-state index contributed by atoms with van der Waals surface area (Å²) in [4.78, 5) is 2.62. The lowest BCUT2D eigenvalue weighted by molar-refractivity contribution is 0.261. The van der Waals surface area contributed by atoms with Crippen molar-refractivity contribution >= 4 is 0 Å². The third-order valence-corrected chi connectivity index (χ3v) is 3.04. The molecule has 17 heavy (non-hydrogen) atoms. The zero-order chi connectivity index (χ0) is 12.8. The smallest absolute Gasteiger partial charge is 0.000664 e. The summed E-state index contributed by atoms with van der Waals surface area (Å²) >= 11 is 0. The highest BCUT2D eigenvalue weighted by atomic mass is 15.1. The normalized spacial score (nSPS) is 11.3. The van der Waals surface area contributed by atoms with Crippen LogP contribution in [0, 0.1) is 0 Å². The van der Waals surface area contributed by atoms with Crippen molar-refractivity contribution in [1.29, 1.82) is 0 Å². The van der Waals surface area contributed by atoms with Crippen molar-refractivity contribution in [3.63, 3.8) is 0 Å². The summed E-state index contributed by atoms with van der Waals surface area (Å²) in [6.07, 6.45) is 7.64. The van der Waals surface area contributed by atoms with Crippen LogP contribution in [0.25, 0.3) is 0 Å². The first-order valence-electron chi connectivity index (χ1n) is 7.48. The fraction of sp³-hybridized carbons (Fsp3) is 1.00. The van der Waals surface area contributed by atoms with E-state index in [4.69, 9.17) is 5.73 Å². The molecule has 0 rings (SSSR count). The molecule has 0 aromatic carbocycles. The van der Waals surface area contributed by atoms with Crippen LogP contribution >= 0.6 is 0 Å². The van der Waals surface area contributed by atoms with Gasteiger partial charge in [0.1, 0.15) is 0 Å². The van der Waals surface area contributed by atoms with E-state index in [0.29, 0.717) is 0 Å². The highest BCUT2D eigenvalue weighted by molar-refractivity contribution is 4.59. The Balaban J connectivity index is 3.45. The van der Waals surface area contributed by atoms with E-state index in [0.717, 1.165) is 26.1 Å². The molecule has 0 spiro atoms. The minimum atomic E-state index is 0.798. The SMILES string of the molecule is CCCCN(CCCC)CCCNCCCN. The van der Waals surface area contributed by atoms with Gasteiger partial charge >= 0.3 is 0 Å². The monoisotopic (exact) mass is 243 g/mol. The molecule has 0 aliphatic rings. The molecule has 0 radical (unpaired) electrons. The van der Waals surface area contributed by atoms with Crippen LogP contribution in [0.15, 0.2) is 0 Å². The van der Waals surface area contributed by atoms with Crippen molar-refractivity contribution in [3.8, 4) is 0 Å². The van der Waals surface area contributed by atoms with Gasteiger partial charge in [-0.3, -0.25) is 0 Å². The van der Waals surface area contributed by atoms with Crippen LogP contribution in [-0.4, -0.2) is 44.2 Å². The van der Waals surface area contributed by atoms with Crippen LogP contribution < -0.4 is 11.1 Å². The first-order valence-corrected chi connectivity index (χ1v) is 7.48. The van der Waals surface area contributed by atoms with Gasteiger partial charge in [0.15, 0.2) is 0 Å². The Labute approximate surface area is 108 Å². The molecule has 3 heteroatoms. The van der Waals surface area contributed by atoms with E-state index < -0.39 is 0 Å². The van der Waals surface area contributed by atoms with Gasteiger partial charge in [0.2, 0.25) is 0 Å². The van der Waals surface area contributed by atoms with Crippen LogP contribution in [0.2, 0.25) is 0 Å². The van der Waals surface area contributed by atoms with Gasteiger partial charge in [0.25, 0.3) is 0 Å². The number of nitrogens with zero attached hydrogens (tertiary/aromatic N) is 1. The van der Waals surface area contributed by atoms with Crippen molar-refractivity contribution in [2.45, 2.75) is 52.4 Å². The molecule has 104 valence electrons. The zero-order valence-corrected chi connectivity index (χ0v) is 12.0. The maximum atomic E-state index is 5.45. The van der Waals surface area contributed by atoms with Crippen molar-refractivity contribution in [2.24, 2.45) is 5.73 Å². The molecule has 3 nitrogen and oxygen atoms in total. The molecule has 0 atom stereocenters. The minimum Gasteiger partial charge on any atom is -0.330 e. The molecule has 0 bridgehead atoms. The van der Waals surface area contributed by atoms with E-state index in [2.05, 4.69) is 24.1 Å². The number of nitrogens with one attached hydrogen (secondary N) is 1. The van der Waals surface area contributed by atoms with Gasteiger partial charge in [-0.2, -0.15) is 0 Å². The number of unbranched alkanes of at least 4 members (excludes halogenated alkanes) is 2. The molecule has 0 unspecified atom stereocenters. The molecule has 0 aliphatic heterocycles. The highest BCUT2D eigenvalue weighted by Gasteiger charge is 2.02. The van der Waals surface area contributed by atoms with E-state index in [1.165, 1.54) is 51.7 Å². The fourth-order valence-corrected chi connectivity index (χ4v) is 1.88.